The number of rotatable bonds is 7. The molecular weight excluding hydrogens is 529 g/mol. The summed E-state index contributed by atoms with van der Waals surface area (Å²) in [6.07, 6.45) is 11.2. The Kier molecular flexibility index (Phi) is 8.56. The number of amides is 1. The topological polar surface area (TPSA) is 53.9 Å². The SMILES string of the molecule is O=C(N[C@H]1CCCC[C@@H]1OCc1ccccc1)C1=NN(c2ccc(Cl)cc2Cl)C(C2C=CC(Cl)=CC2)C1. The number of hydrogen-bond acceptors (Lipinski definition) is 4. The largest absolute Gasteiger partial charge is 0.371 e. The molecule has 1 aliphatic heterocycles. The Bertz CT molecular complexity index is 1210. The van der Waals surface area contributed by atoms with Crippen LogP contribution < -0.4 is 10.3 Å². The van der Waals surface area contributed by atoms with Gasteiger partial charge in [-0.2, -0.15) is 5.10 Å². The summed E-state index contributed by atoms with van der Waals surface area (Å²) in [5.74, 6) is -0.00825. The first-order valence-electron chi connectivity index (χ1n) is 12.8. The molecule has 1 heterocycles. The predicted octanol–water partition coefficient (Wildman–Crippen LogP) is 7.27. The molecule has 0 saturated heterocycles. The van der Waals surface area contributed by atoms with E-state index in [1.165, 1.54) is 0 Å². The number of allylic oxidation sites excluding steroid dienone is 3. The van der Waals surface area contributed by atoms with E-state index in [4.69, 9.17) is 44.6 Å². The van der Waals surface area contributed by atoms with E-state index in [0.29, 0.717) is 28.8 Å². The third-order valence-corrected chi connectivity index (χ3v) is 8.09. The molecule has 2 aromatic carbocycles. The molecule has 3 aliphatic rings. The van der Waals surface area contributed by atoms with Gasteiger partial charge in [-0.1, -0.05) is 90.1 Å². The van der Waals surface area contributed by atoms with Gasteiger partial charge >= 0.3 is 0 Å². The number of carbonyl (C=O) groups excluding carboxylic acids is 1. The lowest BCUT2D eigenvalue weighted by Gasteiger charge is -2.32. The van der Waals surface area contributed by atoms with Gasteiger partial charge in [0.2, 0.25) is 0 Å². The van der Waals surface area contributed by atoms with Crippen molar-refractivity contribution in [3.05, 3.63) is 87.4 Å². The molecule has 1 N–H and O–H groups in total. The zero-order valence-electron chi connectivity index (χ0n) is 20.5. The fourth-order valence-electron chi connectivity index (χ4n) is 5.29. The van der Waals surface area contributed by atoms with Crippen molar-refractivity contribution in [3.8, 4) is 0 Å². The van der Waals surface area contributed by atoms with Crippen molar-refractivity contribution in [1.82, 2.24) is 5.32 Å². The highest BCUT2D eigenvalue weighted by Crippen LogP contribution is 2.38. The van der Waals surface area contributed by atoms with Gasteiger partial charge in [0, 0.05) is 22.4 Å². The smallest absolute Gasteiger partial charge is 0.267 e. The van der Waals surface area contributed by atoms with Crippen molar-refractivity contribution in [2.24, 2.45) is 11.0 Å². The zero-order valence-corrected chi connectivity index (χ0v) is 22.7. The van der Waals surface area contributed by atoms with Gasteiger partial charge in [-0.3, -0.25) is 9.80 Å². The molecular formula is C29H30Cl3N3O2. The van der Waals surface area contributed by atoms with E-state index < -0.39 is 0 Å². The van der Waals surface area contributed by atoms with Crippen LogP contribution in [0.5, 0.6) is 0 Å². The number of anilines is 1. The molecule has 8 heteroatoms. The summed E-state index contributed by atoms with van der Waals surface area (Å²) in [7, 11) is 0. The Morgan fingerprint density at radius 1 is 1.08 bits per heavy atom. The highest BCUT2D eigenvalue weighted by molar-refractivity contribution is 6.40. The third-order valence-electron chi connectivity index (χ3n) is 7.27. The van der Waals surface area contributed by atoms with Gasteiger partial charge in [-0.25, -0.2) is 0 Å². The van der Waals surface area contributed by atoms with Crippen LogP contribution in [0.25, 0.3) is 0 Å². The second kappa shape index (κ2) is 12.0. The summed E-state index contributed by atoms with van der Waals surface area (Å²) in [5, 5.41) is 11.7. The van der Waals surface area contributed by atoms with Gasteiger partial charge in [0.25, 0.3) is 5.91 Å². The fourth-order valence-corrected chi connectivity index (χ4v) is 5.94. The molecule has 1 amide bonds. The van der Waals surface area contributed by atoms with Crippen molar-refractivity contribution in [1.29, 1.82) is 0 Å². The van der Waals surface area contributed by atoms with Gasteiger partial charge in [0.1, 0.15) is 5.71 Å². The lowest BCUT2D eigenvalue weighted by molar-refractivity contribution is -0.117. The minimum Gasteiger partial charge on any atom is -0.371 e. The lowest BCUT2D eigenvalue weighted by atomic mass is 9.89. The number of benzene rings is 2. The highest BCUT2D eigenvalue weighted by atomic mass is 35.5. The van der Waals surface area contributed by atoms with Crippen molar-refractivity contribution in [3.63, 3.8) is 0 Å². The van der Waals surface area contributed by atoms with E-state index in [9.17, 15) is 4.79 Å². The molecule has 0 bridgehead atoms. The molecule has 1 saturated carbocycles. The normalized spacial score (nSPS) is 25.5. The van der Waals surface area contributed by atoms with Gasteiger partial charge in [-0.15, -0.1) is 0 Å². The van der Waals surface area contributed by atoms with Crippen LogP contribution in [-0.2, 0) is 16.1 Å². The van der Waals surface area contributed by atoms with Crippen LogP contribution in [0.2, 0.25) is 10.0 Å². The monoisotopic (exact) mass is 557 g/mol. The number of carbonyl (C=O) groups is 1. The standard InChI is InChI=1S/C29H30Cl3N3O2/c30-21-12-10-20(11-13-21)27-17-25(34-35(27)26-15-14-22(31)16-23(26)32)29(36)33-24-8-4-5-9-28(24)37-18-19-6-2-1-3-7-19/h1-3,6-7,10,12-16,20,24,27-28H,4-5,8-9,11,17-18H2,(H,33,36)/t20?,24-,27?,28-/m0/s1. The minimum absolute atomic E-state index is 0.0222. The first-order chi connectivity index (χ1) is 18.0. The van der Waals surface area contributed by atoms with Gasteiger partial charge in [-0.05, 0) is 49.1 Å². The summed E-state index contributed by atoms with van der Waals surface area (Å²) < 4.78 is 6.27. The molecule has 194 valence electrons. The highest BCUT2D eigenvalue weighted by Gasteiger charge is 2.38. The van der Waals surface area contributed by atoms with Crippen molar-refractivity contribution in [2.45, 2.75) is 63.3 Å². The Morgan fingerprint density at radius 3 is 2.65 bits per heavy atom. The summed E-state index contributed by atoms with van der Waals surface area (Å²) in [6.45, 7) is 0.536. The van der Waals surface area contributed by atoms with E-state index >= 15 is 0 Å². The Hall–Kier alpha value is -2.31. The summed E-state index contributed by atoms with van der Waals surface area (Å²) in [5.41, 5.74) is 2.36. The molecule has 5 rings (SSSR count). The van der Waals surface area contributed by atoms with E-state index in [0.717, 1.165) is 48.4 Å². The maximum Gasteiger partial charge on any atom is 0.267 e. The molecule has 0 aromatic heterocycles. The van der Waals surface area contributed by atoms with Crippen LogP contribution in [0.1, 0.15) is 44.1 Å². The number of halogens is 3. The maximum atomic E-state index is 13.5. The fraction of sp³-hybridized carbons (Fsp3) is 0.379. The number of hydrazone groups is 1. The van der Waals surface area contributed by atoms with E-state index in [2.05, 4.69) is 23.5 Å². The van der Waals surface area contributed by atoms with Crippen LogP contribution in [0.3, 0.4) is 0 Å². The van der Waals surface area contributed by atoms with Gasteiger partial charge < -0.3 is 10.1 Å². The maximum absolute atomic E-state index is 13.5. The lowest BCUT2D eigenvalue weighted by Crippen LogP contribution is -2.48. The van der Waals surface area contributed by atoms with Crippen molar-refractivity contribution < 1.29 is 9.53 Å². The average Bonchev–Trinajstić information content (AvgIpc) is 3.34. The second-order valence-corrected chi connectivity index (χ2v) is 11.1. The zero-order chi connectivity index (χ0) is 25.8. The molecule has 2 aromatic rings. The third kappa shape index (κ3) is 6.40. The Morgan fingerprint density at radius 2 is 1.89 bits per heavy atom. The van der Waals surface area contributed by atoms with E-state index in [-0.39, 0.29) is 30.0 Å². The quantitative estimate of drug-likeness (QED) is 0.389. The molecule has 0 radical (unpaired) electrons. The van der Waals surface area contributed by atoms with Crippen LogP contribution in [0.4, 0.5) is 5.69 Å². The molecule has 0 spiro atoms. The number of hydrogen-bond donors (Lipinski definition) is 1. The van der Waals surface area contributed by atoms with Gasteiger partial charge in [0.05, 0.1) is 35.5 Å². The first kappa shape index (κ1) is 26.3. The molecule has 2 unspecified atom stereocenters. The average molecular weight is 559 g/mol. The van der Waals surface area contributed by atoms with Crippen LogP contribution in [0, 0.1) is 5.92 Å². The second-order valence-electron chi connectivity index (χ2n) is 9.81. The summed E-state index contributed by atoms with van der Waals surface area (Å²) in [4.78, 5) is 13.5. The van der Waals surface area contributed by atoms with Gasteiger partial charge in [0.15, 0.2) is 0 Å². The first-order valence-corrected chi connectivity index (χ1v) is 13.9. The van der Waals surface area contributed by atoms with Crippen LogP contribution in [-0.4, -0.2) is 29.8 Å². The van der Waals surface area contributed by atoms with E-state index in [1.54, 1.807) is 12.1 Å². The number of nitrogens with one attached hydrogen (secondary N) is 1. The molecule has 37 heavy (non-hydrogen) atoms. The minimum atomic E-state index is -0.147. The number of nitrogens with zero attached hydrogens (tertiary/aromatic N) is 2. The molecule has 5 nitrogen and oxygen atoms in total. The van der Waals surface area contributed by atoms with E-state index in [1.807, 2.05) is 41.4 Å². The predicted molar refractivity (Wildman–Crippen MR) is 151 cm³/mol. The van der Waals surface area contributed by atoms with Crippen LogP contribution in [0.15, 0.2) is 76.9 Å². The van der Waals surface area contributed by atoms with Crippen molar-refractivity contribution in [2.75, 3.05) is 5.01 Å². The van der Waals surface area contributed by atoms with Crippen LogP contribution >= 0.6 is 34.8 Å². The Balaban J connectivity index is 1.32. The summed E-state index contributed by atoms with van der Waals surface area (Å²) in [6, 6.07) is 15.4. The Labute approximate surface area is 233 Å². The van der Waals surface area contributed by atoms with Crippen molar-refractivity contribution >= 4 is 52.1 Å². The summed E-state index contributed by atoms with van der Waals surface area (Å²) >= 11 is 18.9. The molecule has 2 aliphatic carbocycles. The molecule has 1 fully saturated rings. The molecule has 4 atom stereocenters. The number of ether oxygens (including phenoxy) is 1.